The largest absolute Gasteiger partial charge is 0.299 e. The van der Waals surface area contributed by atoms with Crippen molar-refractivity contribution in [2.75, 3.05) is 0 Å². The maximum atomic E-state index is 9.19. The van der Waals surface area contributed by atoms with Gasteiger partial charge in [-0.25, -0.2) is 4.98 Å². The summed E-state index contributed by atoms with van der Waals surface area (Å²) in [4.78, 5) is 3.87. The van der Waals surface area contributed by atoms with Gasteiger partial charge in [0, 0.05) is 47.8 Å². The van der Waals surface area contributed by atoms with Crippen molar-refractivity contribution in [3.63, 3.8) is 0 Å². The van der Waals surface area contributed by atoms with Crippen molar-refractivity contribution in [3.05, 3.63) is 59.8 Å². The first-order valence-corrected chi connectivity index (χ1v) is 6.95. The molecule has 2 aromatic heterocycles. The third kappa shape index (κ3) is 2.52. The molecule has 0 N–H and O–H groups in total. The molecule has 2 nitrogen and oxygen atoms in total. The highest BCUT2D eigenvalue weighted by atomic mass is 15.0. The van der Waals surface area contributed by atoms with Crippen molar-refractivity contribution in [1.82, 2.24) is 9.38 Å². The van der Waals surface area contributed by atoms with E-state index in [0.29, 0.717) is 10.5 Å². The lowest BCUT2D eigenvalue weighted by Gasteiger charge is -2.22. The van der Waals surface area contributed by atoms with Gasteiger partial charge in [0.2, 0.25) is 0 Å². The zero-order valence-electron chi connectivity index (χ0n) is 37.5. The van der Waals surface area contributed by atoms with E-state index in [1.165, 1.54) is 0 Å². The molecule has 0 saturated heterocycles. The van der Waals surface area contributed by atoms with Crippen LogP contribution in [0.25, 0.3) is 27.3 Å². The van der Waals surface area contributed by atoms with E-state index >= 15 is 0 Å². The topological polar surface area (TPSA) is 17.3 Å². The number of aromatic nitrogens is 2. The minimum Gasteiger partial charge on any atom is -0.299 e. The van der Waals surface area contributed by atoms with E-state index in [-0.39, 0.29) is 0 Å². The van der Waals surface area contributed by atoms with Crippen LogP contribution in [0, 0.1) is 0 Å². The molecule has 2 heterocycles. The fourth-order valence-corrected chi connectivity index (χ4v) is 2.53. The van der Waals surface area contributed by atoms with Crippen molar-refractivity contribution in [1.29, 1.82) is 0 Å². The molecule has 0 atom stereocenters. The lowest BCUT2D eigenvalue weighted by Crippen LogP contribution is -2.11. The SMILES string of the molecule is [2H]c1cc2c(c([2H])c1C(C([2H])([2H])[2H])(C([2H])([2H])[2H])C([2H])([2H])[2H])c1c([2H])c(C(C([2H])([2H])[2H])(C([2H])([2H])[2H])C([2H])([2H])[2H])c([2H])c([2H])c1n1c([2H])c([2H])nc21. The fraction of sp³-hybridized carbons (Fsp3) is 0.348. The second-order valence-electron chi connectivity index (χ2n) is 5.55. The fourth-order valence-electron chi connectivity index (χ4n) is 2.53. The van der Waals surface area contributed by atoms with Crippen molar-refractivity contribution < 1.29 is 34.3 Å². The monoisotopic (exact) mass is 355 g/mol. The normalized spacial score (nSPS) is 30.8. The molecule has 25 heavy (non-hydrogen) atoms. The van der Waals surface area contributed by atoms with Gasteiger partial charge < -0.3 is 0 Å². The Morgan fingerprint density at radius 3 is 2.28 bits per heavy atom. The van der Waals surface area contributed by atoms with E-state index in [1.54, 1.807) is 0 Å². The van der Waals surface area contributed by atoms with E-state index in [4.69, 9.17) is 31.5 Å². The Morgan fingerprint density at radius 2 is 1.56 bits per heavy atom. The molecule has 128 valence electrons. The second-order valence-corrected chi connectivity index (χ2v) is 5.55. The quantitative estimate of drug-likeness (QED) is 0.341. The molecule has 0 spiro atoms. The van der Waals surface area contributed by atoms with E-state index in [0.717, 1.165) is 0 Å². The molecule has 0 saturated carbocycles. The predicted molar refractivity (Wildman–Crippen MR) is 108 cm³/mol. The summed E-state index contributed by atoms with van der Waals surface area (Å²) >= 11 is 0. The smallest absolute Gasteiger partial charge is 0.145 e. The molecule has 0 aliphatic carbocycles. The Bertz CT molecular complexity index is 1980. The van der Waals surface area contributed by atoms with Gasteiger partial charge >= 0.3 is 0 Å². The van der Waals surface area contributed by atoms with Crippen LogP contribution in [0.3, 0.4) is 0 Å². The molecule has 0 amide bonds. The number of benzene rings is 2. The van der Waals surface area contributed by atoms with Crippen LogP contribution in [-0.2, 0) is 10.8 Å². The predicted octanol–water partition coefficient (Wildman–Crippen LogP) is 6.24. The number of pyridine rings is 1. The summed E-state index contributed by atoms with van der Waals surface area (Å²) in [7, 11) is 0. The summed E-state index contributed by atoms with van der Waals surface area (Å²) in [6.45, 7) is -24.3. The molecular formula is C23H26N2. The average Bonchev–Trinajstić information content (AvgIpc) is 3.16. The zero-order chi connectivity index (χ0) is 39.1. The minimum absolute atomic E-state index is 0.563. The van der Waals surface area contributed by atoms with Crippen LogP contribution in [-0.4, -0.2) is 9.38 Å². The van der Waals surface area contributed by atoms with Crippen LogP contribution in [0.4, 0.5) is 0 Å². The molecule has 2 aromatic carbocycles. The van der Waals surface area contributed by atoms with Gasteiger partial charge in [0.25, 0.3) is 0 Å². The standard InChI is InChI=1S/C23H26N2/c1-22(2,3)15-7-9-17-18(13-15)19-14-16(23(4,5)6)8-10-20(19)25-12-11-24-21(17)25/h7-14H,1-6H3/i1D3,2D3,3D3,4D3,5D3,6D3,7D,8D,10D,11D,12D,13D,14D. The number of hydrogen-bond donors (Lipinski definition) is 0. The number of fused-ring (bicyclic) bond motifs is 6. The van der Waals surface area contributed by atoms with Crippen LogP contribution < -0.4 is 0 Å². The minimum atomic E-state index is -4.09. The van der Waals surface area contributed by atoms with E-state index in [2.05, 4.69) is 4.98 Å². The van der Waals surface area contributed by atoms with Gasteiger partial charge in [0.05, 0.1) is 15.1 Å². The third-order valence-electron chi connectivity index (χ3n) is 3.67. The highest BCUT2D eigenvalue weighted by Crippen LogP contribution is 2.35. The summed E-state index contributed by atoms with van der Waals surface area (Å²) in [5.41, 5.74) is -12.5. The molecule has 4 aromatic rings. The van der Waals surface area contributed by atoms with E-state index < -0.39 is 133 Å². The molecule has 0 unspecified atom stereocenters. The van der Waals surface area contributed by atoms with Gasteiger partial charge in [-0.15, -0.1) is 0 Å². The summed E-state index contributed by atoms with van der Waals surface area (Å²) in [6.07, 6.45) is -1.70. The summed E-state index contributed by atoms with van der Waals surface area (Å²) in [5, 5.41) is -2.49. The molecule has 0 bridgehead atoms. The second kappa shape index (κ2) is 5.08. The van der Waals surface area contributed by atoms with Gasteiger partial charge in [-0.2, -0.15) is 0 Å². The van der Waals surface area contributed by atoms with Gasteiger partial charge in [-0.05, 0) is 45.5 Å². The average molecular weight is 356 g/mol. The van der Waals surface area contributed by atoms with Crippen LogP contribution in [0.1, 0.15) is 86.5 Å². The Balaban J connectivity index is 2.61. The highest BCUT2D eigenvalue weighted by Gasteiger charge is 2.19. The molecule has 0 aliphatic heterocycles. The number of hydrogen-bond acceptors (Lipinski definition) is 1. The summed E-state index contributed by atoms with van der Waals surface area (Å²) in [6, 6.07) is -6.07. The van der Waals surface area contributed by atoms with Gasteiger partial charge in [0.15, 0.2) is 0 Å². The van der Waals surface area contributed by atoms with Crippen molar-refractivity contribution in [2.24, 2.45) is 0 Å². The summed E-state index contributed by atoms with van der Waals surface area (Å²) in [5.74, 6) is 0. The molecule has 2 heteroatoms. The van der Waals surface area contributed by atoms with Crippen LogP contribution in [0.2, 0.25) is 0 Å². The molecule has 4 rings (SSSR count). The van der Waals surface area contributed by atoms with Crippen molar-refractivity contribution in [3.8, 4) is 0 Å². The molecule has 0 radical (unpaired) electrons. The Kier molecular flexibility index (Phi) is 0.840. The Labute approximate surface area is 184 Å². The molecule has 0 aliphatic rings. The molecule has 0 fully saturated rings. The van der Waals surface area contributed by atoms with Gasteiger partial charge in [0.1, 0.15) is 5.65 Å². The first-order chi connectivity index (χ1) is 22.1. The third-order valence-corrected chi connectivity index (χ3v) is 3.67. The maximum absolute atomic E-state index is 9.19. The first kappa shape index (κ1) is 4.14. The van der Waals surface area contributed by atoms with Crippen molar-refractivity contribution in [2.45, 2.75) is 51.9 Å². The van der Waals surface area contributed by atoms with E-state index in [1.807, 2.05) is 0 Å². The Hall–Kier alpha value is -2.35. The lowest BCUT2D eigenvalue weighted by molar-refractivity contribution is 0.590. The summed E-state index contributed by atoms with van der Waals surface area (Å²) < 4.78 is 209. The lowest BCUT2D eigenvalue weighted by atomic mass is 9.84. The Morgan fingerprint density at radius 1 is 0.880 bits per heavy atom. The van der Waals surface area contributed by atoms with Crippen LogP contribution >= 0.6 is 0 Å². The number of rotatable bonds is 0. The first-order valence-electron chi connectivity index (χ1n) is 19.4. The zero-order valence-corrected chi connectivity index (χ0v) is 12.5. The number of imidazole rings is 1. The van der Waals surface area contributed by atoms with Crippen LogP contribution in [0.5, 0.6) is 0 Å². The highest BCUT2D eigenvalue weighted by molar-refractivity contribution is 6.12. The van der Waals surface area contributed by atoms with E-state index in [9.17, 15) is 2.74 Å². The maximum Gasteiger partial charge on any atom is 0.145 e. The van der Waals surface area contributed by atoms with Gasteiger partial charge in [-0.1, -0.05) is 59.3 Å². The number of nitrogens with zero attached hydrogens (tertiary/aromatic N) is 2. The van der Waals surface area contributed by atoms with Gasteiger partial charge in [-0.3, -0.25) is 4.40 Å². The van der Waals surface area contributed by atoms with Crippen LogP contribution in [0.15, 0.2) is 48.6 Å². The van der Waals surface area contributed by atoms with Crippen molar-refractivity contribution >= 4 is 27.3 Å². The molecular weight excluding hydrogens is 304 g/mol.